The number of nitrogens with one attached hydrogen (secondary N) is 1. The molecule has 1 aromatic carbocycles. The molecule has 0 bridgehead atoms. The van der Waals surface area contributed by atoms with Gasteiger partial charge in [0.15, 0.2) is 0 Å². The van der Waals surface area contributed by atoms with Gasteiger partial charge in [-0.1, -0.05) is 18.2 Å². The molecule has 1 aliphatic heterocycles. The summed E-state index contributed by atoms with van der Waals surface area (Å²) in [5.41, 5.74) is 1.07. The average Bonchev–Trinajstić information content (AvgIpc) is 2.83. The fraction of sp³-hybridized carbons (Fsp3) is 0.133. The first-order chi connectivity index (χ1) is 11.1. The number of hydrogen-bond donors (Lipinski definition) is 1. The SMILES string of the molecule is O=C(CN=C1NS(=O)(=O)c2ccccc21)OCc1ccccn1. The summed E-state index contributed by atoms with van der Waals surface area (Å²) in [6.45, 7) is -0.230. The molecule has 118 valence electrons. The highest BCUT2D eigenvalue weighted by molar-refractivity contribution is 7.90. The summed E-state index contributed by atoms with van der Waals surface area (Å²) in [7, 11) is -3.60. The van der Waals surface area contributed by atoms with Gasteiger partial charge in [-0.05, 0) is 24.3 Å². The Morgan fingerprint density at radius 2 is 1.96 bits per heavy atom. The average molecular weight is 331 g/mol. The molecule has 1 N–H and O–H groups in total. The Labute approximate surface area is 133 Å². The molecule has 0 radical (unpaired) electrons. The van der Waals surface area contributed by atoms with E-state index in [1.165, 1.54) is 6.07 Å². The Kier molecular flexibility index (Phi) is 4.07. The summed E-state index contributed by atoms with van der Waals surface area (Å²) in [5.74, 6) is -0.415. The number of carbonyl (C=O) groups excluding carboxylic acids is 1. The number of nitrogens with zero attached hydrogens (tertiary/aromatic N) is 2. The summed E-state index contributed by atoms with van der Waals surface area (Å²) in [6, 6.07) is 11.7. The van der Waals surface area contributed by atoms with E-state index >= 15 is 0 Å². The molecule has 1 aliphatic rings. The number of benzene rings is 1. The first-order valence-electron chi connectivity index (χ1n) is 6.78. The lowest BCUT2D eigenvalue weighted by molar-refractivity contribution is -0.143. The normalized spacial score (nSPS) is 16.6. The van der Waals surface area contributed by atoms with Crippen LogP contribution in [0.1, 0.15) is 11.3 Å². The molecule has 0 saturated heterocycles. The maximum Gasteiger partial charge on any atom is 0.328 e. The van der Waals surface area contributed by atoms with E-state index in [-0.39, 0.29) is 23.9 Å². The highest BCUT2D eigenvalue weighted by Crippen LogP contribution is 2.21. The zero-order valence-electron chi connectivity index (χ0n) is 12.0. The van der Waals surface area contributed by atoms with Crippen molar-refractivity contribution >= 4 is 21.8 Å². The van der Waals surface area contributed by atoms with Gasteiger partial charge in [0.25, 0.3) is 10.0 Å². The summed E-state index contributed by atoms with van der Waals surface area (Å²) in [4.78, 5) is 19.9. The van der Waals surface area contributed by atoms with Crippen LogP contribution in [0.15, 0.2) is 58.5 Å². The number of carbonyl (C=O) groups is 1. The predicted octanol–water partition coefficient (Wildman–Crippen LogP) is 0.863. The van der Waals surface area contributed by atoms with Crippen molar-refractivity contribution < 1.29 is 17.9 Å². The second-order valence-electron chi connectivity index (χ2n) is 4.75. The number of pyridine rings is 1. The van der Waals surface area contributed by atoms with Crippen molar-refractivity contribution in [2.24, 2.45) is 4.99 Å². The lowest BCUT2D eigenvalue weighted by Crippen LogP contribution is -2.23. The molecule has 0 spiro atoms. The molecule has 7 nitrogen and oxygen atoms in total. The molecular weight excluding hydrogens is 318 g/mol. The van der Waals surface area contributed by atoms with Gasteiger partial charge in [-0.2, -0.15) is 0 Å². The number of hydrogen-bond acceptors (Lipinski definition) is 6. The van der Waals surface area contributed by atoms with Crippen molar-refractivity contribution in [1.29, 1.82) is 0 Å². The van der Waals surface area contributed by atoms with E-state index in [0.29, 0.717) is 11.3 Å². The Hall–Kier alpha value is -2.74. The van der Waals surface area contributed by atoms with E-state index in [2.05, 4.69) is 14.7 Å². The van der Waals surface area contributed by atoms with Crippen LogP contribution in [0, 0.1) is 0 Å². The zero-order valence-corrected chi connectivity index (χ0v) is 12.8. The second-order valence-corrected chi connectivity index (χ2v) is 6.40. The van der Waals surface area contributed by atoms with Crippen molar-refractivity contribution in [3.05, 3.63) is 59.9 Å². The smallest absolute Gasteiger partial charge is 0.328 e. The van der Waals surface area contributed by atoms with Gasteiger partial charge in [-0.25, -0.2) is 8.42 Å². The molecule has 2 heterocycles. The van der Waals surface area contributed by atoms with Crippen LogP contribution in [0.3, 0.4) is 0 Å². The summed E-state index contributed by atoms with van der Waals surface area (Å²) in [5, 5.41) is 0. The zero-order chi connectivity index (χ0) is 16.3. The maximum atomic E-state index is 11.9. The van der Waals surface area contributed by atoms with Crippen LogP contribution in [0.5, 0.6) is 0 Å². The van der Waals surface area contributed by atoms with Gasteiger partial charge in [-0.15, -0.1) is 0 Å². The van der Waals surface area contributed by atoms with Crippen LogP contribution >= 0.6 is 0 Å². The lowest BCUT2D eigenvalue weighted by Gasteiger charge is -2.03. The number of aromatic nitrogens is 1. The number of rotatable bonds is 4. The number of ether oxygens (including phenoxy) is 1. The third-order valence-electron chi connectivity index (χ3n) is 3.14. The van der Waals surface area contributed by atoms with Gasteiger partial charge in [0.05, 0.1) is 10.6 Å². The topological polar surface area (TPSA) is 97.7 Å². The van der Waals surface area contributed by atoms with E-state index in [4.69, 9.17) is 4.74 Å². The minimum atomic E-state index is -3.60. The van der Waals surface area contributed by atoms with Crippen LogP contribution in [-0.4, -0.2) is 31.8 Å². The molecule has 0 unspecified atom stereocenters. The summed E-state index contributed by atoms with van der Waals surface area (Å²) >= 11 is 0. The van der Waals surface area contributed by atoms with Crippen LogP contribution in [0.2, 0.25) is 0 Å². The summed E-state index contributed by atoms with van der Waals surface area (Å²) < 4.78 is 31.2. The Bertz CT molecular complexity index is 863. The minimum absolute atomic E-state index is 0.0485. The maximum absolute atomic E-state index is 11.9. The lowest BCUT2D eigenvalue weighted by atomic mass is 10.2. The van der Waals surface area contributed by atoms with Crippen LogP contribution < -0.4 is 4.72 Å². The highest BCUT2D eigenvalue weighted by Gasteiger charge is 2.30. The third-order valence-corrected chi connectivity index (χ3v) is 4.53. The predicted molar refractivity (Wildman–Crippen MR) is 82.2 cm³/mol. The quantitative estimate of drug-likeness (QED) is 0.838. The molecule has 2 aromatic rings. The second kappa shape index (κ2) is 6.17. The summed E-state index contributed by atoms with van der Waals surface area (Å²) in [6.07, 6.45) is 1.60. The van der Waals surface area contributed by atoms with E-state index in [1.807, 2.05) is 0 Å². The molecule has 0 fully saturated rings. The van der Waals surface area contributed by atoms with Crippen molar-refractivity contribution in [2.75, 3.05) is 6.54 Å². The van der Waals surface area contributed by atoms with Crippen LogP contribution in [0.4, 0.5) is 0 Å². The Balaban J connectivity index is 1.66. The molecule has 0 amide bonds. The number of fused-ring (bicyclic) bond motifs is 1. The highest BCUT2D eigenvalue weighted by atomic mass is 32.2. The largest absolute Gasteiger partial charge is 0.458 e. The first-order valence-corrected chi connectivity index (χ1v) is 8.27. The van der Waals surface area contributed by atoms with Crippen molar-refractivity contribution in [2.45, 2.75) is 11.5 Å². The van der Waals surface area contributed by atoms with Crippen molar-refractivity contribution in [1.82, 2.24) is 9.71 Å². The van der Waals surface area contributed by atoms with Gasteiger partial charge in [-0.3, -0.25) is 19.5 Å². The van der Waals surface area contributed by atoms with Crippen LogP contribution in [-0.2, 0) is 26.2 Å². The van der Waals surface area contributed by atoms with Gasteiger partial charge in [0.1, 0.15) is 19.0 Å². The molecule has 0 aliphatic carbocycles. The van der Waals surface area contributed by atoms with Crippen molar-refractivity contribution in [3.63, 3.8) is 0 Å². The fourth-order valence-corrected chi connectivity index (χ4v) is 3.33. The van der Waals surface area contributed by atoms with Crippen LogP contribution in [0.25, 0.3) is 0 Å². The molecule has 0 saturated carbocycles. The van der Waals surface area contributed by atoms with Gasteiger partial charge < -0.3 is 4.74 Å². The fourth-order valence-electron chi connectivity index (χ4n) is 2.08. The van der Waals surface area contributed by atoms with E-state index < -0.39 is 16.0 Å². The van der Waals surface area contributed by atoms with E-state index in [0.717, 1.165) is 0 Å². The third kappa shape index (κ3) is 3.37. The number of amidine groups is 1. The molecule has 3 rings (SSSR count). The number of sulfonamides is 1. The standard InChI is InChI=1S/C15H13N3O4S/c19-14(22-10-11-5-3-4-8-16-11)9-17-15-12-6-1-2-7-13(12)23(20,21)18-15/h1-8H,9-10H2,(H,17,18). The van der Waals surface area contributed by atoms with Gasteiger partial charge >= 0.3 is 5.97 Å². The number of esters is 1. The molecule has 8 heteroatoms. The Morgan fingerprint density at radius 3 is 2.74 bits per heavy atom. The number of aliphatic imine (C=N–C) groups is 1. The molecule has 23 heavy (non-hydrogen) atoms. The molecule has 0 atom stereocenters. The molecular formula is C15H13N3O4S. The monoisotopic (exact) mass is 331 g/mol. The van der Waals surface area contributed by atoms with Crippen molar-refractivity contribution in [3.8, 4) is 0 Å². The first kappa shape index (κ1) is 15.2. The Morgan fingerprint density at radius 1 is 1.17 bits per heavy atom. The minimum Gasteiger partial charge on any atom is -0.458 e. The van der Waals surface area contributed by atoms with Gasteiger partial charge in [0, 0.05) is 11.8 Å². The van der Waals surface area contributed by atoms with E-state index in [9.17, 15) is 13.2 Å². The molecule has 1 aromatic heterocycles. The van der Waals surface area contributed by atoms with Gasteiger partial charge in [0.2, 0.25) is 0 Å². The van der Waals surface area contributed by atoms with E-state index in [1.54, 1.807) is 42.6 Å².